The first kappa shape index (κ1) is 10.3. The Hall–Kier alpha value is -1.18. The van der Waals surface area contributed by atoms with Gasteiger partial charge >= 0.3 is 0 Å². The Balaban J connectivity index is 1.81. The molecular formula is C13H17O2. The lowest BCUT2D eigenvalue weighted by Gasteiger charge is -2.21. The molecule has 0 amide bonds. The lowest BCUT2D eigenvalue weighted by Crippen LogP contribution is -2.15. The van der Waals surface area contributed by atoms with E-state index < -0.39 is 0 Å². The maximum absolute atomic E-state index is 9.25. The van der Waals surface area contributed by atoms with Crippen LogP contribution in [-0.2, 0) is 0 Å². The molecule has 0 heterocycles. The van der Waals surface area contributed by atoms with Crippen LogP contribution in [0.2, 0.25) is 0 Å². The predicted molar refractivity (Wildman–Crippen MR) is 59.0 cm³/mol. The van der Waals surface area contributed by atoms with E-state index in [4.69, 9.17) is 4.74 Å². The Morgan fingerprint density at radius 1 is 1.33 bits per heavy atom. The molecule has 1 radical (unpaired) electrons. The van der Waals surface area contributed by atoms with Crippen molar-refractivity contribution in [3.63, 3.8) is 0 Å². The molecule has 1 aliphatic rings. The fourth-order valence-electron chi connectivity index (χ4n) is 2.08. The third-order valence-corrected chi connectivity index (χ3v) is 2.96. The van der Waals surface area contributed by atoms with E-state index in [9.17, 15) is 5.11 Å². The average molecular weight is 205 g/mol. The van der Waals surface area contributed by atoms with Gasteiger partial charge in [-0.05, 0) is 30.9 Å². The fourth-order valence-corrected chi connectivity index (χ4v) is 2.08. The highest BCUT2D eigenvalue weighted by atomic mass is 16.5. The van der Waals surface area contributed by atoms with Crippen molar-refractivity contribution < 1.29 is 9.84 Å². The van der Waals surface area contributed by atoms with Gasteiger partial charge in [-0.25, -0.2) is 0 Å². The quantitative estimate of drug-likeness (QED) is 0.821. The summed E-state index contributed by atoms with van der Waals surface area (Å²) in [6.45, 7) is 0.764. The fraction of sp³-hybridized carbons (Fsp3) is 0.538. The smallest absolute Gasteiger partial charge is 0.130 e. The van der Waals surface area contributed by atoms with E-state index in [1.807, 2.05) is 0 Å². The van der Waals surface area contributed by atoms with Gasteiger partial charge in [0.25, 0.3) is 0 Å². The summed E-state index contributed by atoms with van der Waals surface area (Å²) in [7, 11) is 0. The molecule has 0 spiro atoms. The van der Waals surface area contributed by atoms with Gasteiger partial charge in [0, 0.05) is 12.1 Å². The number of phenolic OH excluding ortho intramolecular Hbond substituents is 1. The standard InChI is InChI=1S/C13H17O2/c14-12-7-4-8-13(9-12)15-10-11-5-2-1-3-6-11/h4,7,9,11,14H,1-3,5-6,10H2. The van der Waals surface area contributed by atoms with Crippen molar-refractivity contribution in [2.24, 2.45) is 5.92 Å². The minimum atomic E-state index is 0.243. The highest BCUT2D eigenvalue weighted by Crippen LogP contribution is 2.25. The summed E-state index contributed by atoms with van der Waals surface area (Å²) >= 11 is 0. The van der Waals surface area contributed by atoms with Gasteiger partial charge in [-0.1, -0.05) is 19.3 Å². The molecule has 15 heavy (non-hydrogen) atoms. The van der Waals surface area contributed by atoms with Crippen LogP contribution in [0.5, 0.6) is 11.5 Å². The third-order valence-electron chi connectivity index (χ3n) is 2.96. The van der Waals surface area contributed by atoms with Gasteiger partial charge in [0.15, 0.2) is 0 Å². The van der Waals surface area contributed by atoms with Crippen LogP contribution in [0.4, 0.5) is 0 Å². The summed E-state index contributed by atoms with van der Waals surface area (Å²) in [5.74, 6) is 1.59. The predicted octanol–water partition coefficient (Wildman–Crippen LogP) is 3.15. The zero-order valence-electron chi connectivity index (χ0n) is 8.91. The van der Waals surface area contributed by atoms with Crippen LogP contribution in [0.15, 0.2) is 18.2 Å². The zero-order chi connectivity index (χ0) is 10.5. The molecule has 0 aromatic heterocycles. The highest BCUT2D eigenvalue weighted by Gasteiger charge is 2.13. The number of phenols is 1. The number of aromatic hydroxyl groups is 1. The van der Waals surface area contributed by atoms with E-state index in [-0.39, 0.29) is 5.75 Å². The Morgan fingerprint density at radius 3 is 2.87 bits per heavy atom. The molecule has 0 bridgehead atoms. The second-order valence-electron chi connectivity index (χ2n) is 4.23. The van der Waals surface area contributed by atoms with Gasteiger partial charge in [-0.3, -0.25) is 0 Å². The van der Waals surface area contributed by atoms with Crippen LogP contribution in [0.3, 0.4) is 0 Å². The summed E-state index contributed by atoms with van der Waals surface area (Å²) in [6, 6.07) is 7.87. The van der Waals surface area contributed by atoms with Crippen LogP contribution in [0.1, 0.15) is 32.1 Å². The first-order valence-electron chi connectivity index (χ1n) is 5.68. The van der Waals surface area contributed by atoms with E-state index in [1.54, 1.807) is 18.2 Å². The van der Waals surface area contributed by atoms with E-state index in [0.29, 0.717) is 11.7 Å². The van der Waals surface area contributed by atoms with E-state index in [0.717, 1.165) is 6.61 Å². The van der Waals surface area contributed by atoms with Crippen molar-refractivity contribution >= 4 is 0 Å². The van der Waals surface area contributed by atoms with E-state index >= 15 is 0 Å². The second-order valence-corrected chi connectivity index (χ2v) is 4.23. The van der Waals surface area contributed by atoms with Gasteiger partial charge in [0.05, 0.1) is 6.61 Å². The lowest BCUT2D eigenvalue weighted by molar-refractivity contribution is 0.208. The molecular weight excluding hydrogens is 188 g/mol. The van der Waals surface area contributed by atoms with Gasteiger partial charge < -0.3 is 9.84 Å². The molecule has 0 atom stereocenters. The summed E-state index contributed by atoms with van der Waals surface area (Å²) in [5, 5.41) is 9.25. The van der Waals surface area contributed by atoms with Gasteiger partial charge in [-0.15, -0.1) is 0 Å². The van der Waals surface area contributed by atoms with Crippen LogP contribution < -0.4 is 4.74 Å². The molecule has 1 aliphatic carbocycles. The molecule has 1 aromatic rings. The van der Waals surface area contributed by atoms with E-state index in [1.165, 1.54) is 32.1 Å². The summed E-state index contributed by atoms with van der Waals surface area (Å²) in [4.78, 5) is 0. The van der Waals surface area contributed by atoms with E-state index in [2.05, 4.69) is 6.07 Å². The maximum Gasteiger partial charge on any atom is 0.130 e. The van der Waals surface area contributed by atoms with Crippen LogP contribution in [0, 0.1) is 12.0 Å². The van der Waals surface area contributed by atoms with Crippen LogP contribution in [0.25, 0.3) is 0 Å². The molecule has 2 heteroatoms. The topological polar surface area (TPSA) is 29.5 Å². The molecule has 81 valence electrons. The minimum Gasteiger partial charge on any atom is -0.508 e. The SMILES string of the molecule is Oc1cc[c]c(OCC2CCCCC2)c1. The number of hydrogen-bond donors (Lipinski definition) is 1. The van der Waals surface area contributed by atoms with Crippen molar-refractivity contribution in [1.82, 2.24) is 0 Å². The van der Waals surface area contributed by atoms with Crippen LogP contribution >= 0.6 is 0 Å². The molecule has 2 rings (SSSR count). The minimum absolute atomic E-state index is 0.243. The van der Waals surface area contributed by atoms with Gasteiger partial charge in [0.2, 0.25) is 0 Å². The molecule has 1 saturated carbocycles. The molecule has 1 aromatic carbocycles. The van der Waals surface area contributed by atoms with Gasteiger partial charge in [0.1, 0.15) is 11.5 Å². The maximum atomic E-state index is 9.25. The largest absolute Gasteiger partial charge is 0.508 e. The molecule has 2 nitrogen and oxygen atoms in total. The Morgan fingerprint density at radius 2 is 2.13 bits per heavy atom. The first-order chi connectivity index (χ1) is 7.34. The lowest BCUT2D eigenvalue weighted by atomic mass is 9.90. The first-order valence-corrected chi connectivity index (χ1v) is 5.68. The van der Waals surface area contributed by atoms with Crippen molar-refractivity contribution in [1.29, 1.82) is 0 Å². The van der Waals surface area contributed by atoms with Crippen LogP contribution in [-0.4, -0.2) is 11.7 Å². The summed E-state index contributed by atoms with van der Waals surface area (Å²) < 4.78 is 5.61. The monoisotopic (exact) mass is 205 g/mol. The highest BCUT2D eigenvalue weighted by molar-refractivity contribution is 5.30. The molecule has 0 aliphatic heterocycles. The molecule has 0 saturated heterocycles. The Bertz CT molecular complexity index is 303. The van der Waals surface area contributed by atoms with Crippen molar-refractivity contribution in [3.05, 3.63) is 24.3 Å². The molecule has 0 unspecified atom stereocenters. The van der Waals surface area contributed by atoms with Crippen molar-refractivity contribution in [3.8, 4) is 11.5 Å². The van der Waals surface area contributed by atoms with Crippen molar-refractivity contribution in [2.75, 3.05) is 6.61 Å². The number of benzene rings is 1. The van der Waals surface area contributed by atoms with Gasteiger partial charge in [-0.2, -0.15) is 0 Å². The normalized spacial score (nSPS) is 17.6. The third kappa shape index (κ3) is 3.15. The zero-order valence-corrected chi connectivity index (χ0v) is 8.91. The average Bonchev–Trinajstić information content (AvgIpc) is 2.28. The number of ether oxygens (including phenoxy) is 1. The number of rotatable bonds is 3. The summed E-state index contributed by atoms with van der Waals surface area (Å²) in [5.41, 5.74) is 0. The Kier molecular flexibility index (Phi) is 3.49. The number of hydrogen-bond acceptors (Lipinski definition) is 2. The van der Waals surface area contributed by atoms with Crippen molar-refractivity contribution in [2.45, 2.75) is 32.1 Å². The molecule has 1 N–H and O–H groups in total. The molecule has 1 fully saturated rings. The second kappa shape index (κ2) is 5.06. The Labute approximate surface area is 90.9 Å². The summed E-state index contributed by atoms with van der Waals surface area (Å²) in [6.07, 6.45) is 6.59.